The van der Waals surface area contributed by atoms with Crippen LogP contribution in [0.2, 0.25) is 0 Å². The van der Waals surface area contributed by atoms with E-state index in [1.54, 1.807) is 12.1 Å². The van der Waals surface area contributed by atoms with Crippen molar-refractivity contribution in [2.45, 2.75) is 11.3 Å². The lowest BCUT2D eigenvalue weighted by Crippen LogP contribution is -2.44. The minimum absolute atomic E-state index is 0.108. The van der Waals surface area contributed by atoms with Crippen LogP contribution in [0.1, 0.15) is 6.42 Å². The molecule has 30 heavy (non-hydrogen) atoms. The van der Waals surface area contributed by atoms with Crippen molar-refractivity contribution in [2.75, 3.05) is 50.0 Å². The summed E-state index contributed by atoms with van der Waals surface area (Å²) in [6.07, 6.45) is -0.108. The fraction of sp³-hybridized carbons (Fsp3) is 0.350. The number of likely N-dealkylation sites (N-methyl/N-ethyl adjacent to an activating group) is 1. The molecular formula is C20H24F2N4O3S. The van der Waals surface area contributed by atoms with Crippen molar-refractivity contribution in [3.63, 3.8) is 0 Å². The highest BCUT2D eigenvalue weighted by molar-refractivity contribution is 7.89. The molecule has 10 heteroatoms. The van der Waals surface area contributed by atoms with Crippen LogP contribution in [0.4, 0.5) is 20.2 Å². The summed E-state index contributed by atoms with van der Waals surface area (Å²) in [4.78, 5) is 16.2. The first-order chi connectivity index (χ1) is 14.2. The standard InChI is InChI=1S/C20H24F2N4O3S/c1-25-10-12-26(13-11-25)16-4-2-15(3-5-16)24-20(27)8-9-23-30(28,29)17-6-7-18(21)19(22)14-17/h2-7,14,23H,8-13H2,1H3,(H,24,27). The van der Waals surface area contributed by atoms with Crippen molar-refractivity contribution in [1.29, 1.82) is 0 Å². The fourth-order valence-electron chi connectivity index (χ4n) is 3.07. The Morgan fingerprint density at radius 1 is 1.00 bits per heavy atom. The molecule has 1 aliphatic rings. The van der Waals surface area contributed by atoms with Gasteiger partial charge < -0.3 is 15.1 Å². The molecule has 2 aromatic carbocycles. The van der Waals surface area contributed by atoms with Crippen LogP contribution in [0.15, 0.2) is 47.4 Å². The van der Waals surface area contributed by atoms with Crippen molar-refractivity contribution >= 4 is 27.3 Å². The number of rotatable bonds is 7. The first kappa shape index (κ1) is 22.1. The Hall–Kier alpha value is -2.56. The minimum Gasteiger partial charge on any atom is -0.369 e. The zero-order valence-electron chi connectivity index (χ0n) is 16.6. The lowest BCUT2D eigenvalue weighted by molar-refractivity contribution is -0.116. The monoisotopic (exact) mass is 438 g/mol. The maximum absolute atomic E-state index is 13.2. The molecule has 0 aliphatic carbocycles. The number of carbonyl (C=O) groups excluding carboxylic acids is 1. The summed E-state index contributed by atoms with van der Waals surface area (Å²) in [5, 5.41) is 2.71. The largest absolute Gasteiger partial charge is 0.369 e. The van der Waals surface area contributed by atoms with Gasteiger partial charge in [0.1, 0.15) is 0 Å². The van der Waals surface area contributed by atoms with Gasteiger partial charge in [-0.2, -0.15) is 0 Å². The van der Waals surface area contributed by atoms with E-state index in [1.165, 1.54) is 0 Å². The molecule has 0 spiro atoms. The molecule has 1 amide bonds. The van der Waals surface area contributed by atoms with Crippen LogP contribution < -0.4 is 14.9 Å². The summed E-state index contributed by atoms with van der Waals surface area (Å²) in [6, 6.07) is 9.78. The van der Waals surface area contributed by atoms with Crippen molar-refractivity contribution in [3.05, 3.63) is 54.1 Å². The Morgan fingerprint density at radius 2 is 1.67 bits per heavy atom. The van der Waals surface area contributed by atoms with Gasteiger partial charge in [-0.1, -0.05) is 0 Å². The summed E-state index contributed by atoms with van der Waals surface area (Å²) in [7, 11) is -1.94. The Balaban J connectivity index is 1.48. The molecule has 2 N–H and O–H groups in total. The number of benzene rings is 2. The van der Waals surface area contributed by atoms with Crippen LogP contribution >= 0.6 is 0 Å². The van der Waals surface area contributed by atoms with Gasteiger partial charge in [0.15, 0.2) is 11.6 Å². The van der Waals surface area contributed by atoms with Crippen molar-refractivity contribution in [2.24, 2.45) is 0 Å². The molecule has 0 radical (unpaired) electrons. The number of carbonyl (C=O) groups is 1. The zero-order chi connectivity index (χ0) is 21.7. The van der Waals surface area contributed by atoms with E-state index in [0.29, 0.717) is 11.8 Å². The summed E-state index contributed by atoms with van der Waals surface area (Å²) in [5.74, 6) is -2.75. The number of halogens is 2. The molecule has 1 aliphatic heterocycles. The fourth-order valence-corrected chi connectivity index (χ4v) is 4.11. The maximum atomic E-state index is 13.2. The molecule has 1 fully saturated rings. The Bertz CT molecular complexity index is 992. The molecule has 3 rings (SSSR count). The van der Waals surface area contributed by atoms with E-state index < -0.39 is 26.6 Å². The number of hydrogen-bond donors (Lipinski definition) is 2. The smallest absolute Gasteiger partial charge is 0.240 e. The molecule has 162 valence electrons. The SMILES string of the molecule is CN1CCN(c2ccc(NC(=O)CCNS(=O)(=O)c3ccc(F)c(F)c3)cc2)CC1. The van der Waals surface area contributed by atoms with E-state index in [-0.39, 0.29) is 18.9 Å². The number of sulfonamides is 1. The first-order valence-corrected chi connectivity index (χ1v) is 11.0. The lowest BCUT2D eigenvalue weighted by Gasteiger charge is -2.34. The Morgan fingerprint density at radius 3 is 2.30 bits per heavy atom. The van der Waals surface area contributed by atoms with E-state index in [0.717, 1.165) is 44.0 Å². The third-order valence-corrected chi connectivity index (χ3v) is 6.32. The average molecular weight is 439 g/mol. The molecule has 0 atom stereocenters. The molecular weight excluding hydrogens is 414 g/mol. The molecule has 1 heterocycles. The number of hydrogen-bond acceptors (Lipinski definition) is 5. The van der Waals surface area contributed by atoms with Gasteiger partial charge in [0.05, 0.1) is 4.90 Å². The third-order valence-electron chi connectivity index (χ3n) is 4.86. The van der Waals surface area contributed by atoms with Crippen molar-refractivity contribution < 1.29 is 22.0 Å². The van der Waals surface area contributed by atoms with Crippen LogP contribution in [-0.2, 0) is 14.8 Å². The van der Waals surface area contributed by atoms with Gasteiger partial charge >= 0.3 is 0 Å². The van der Waals surface area contributed by atoms with Gasteiger partial charge in [0.2, 0.25) is 15.9 Å². The predicted molar refractivity (Wildman–Crippen MR) is 111 cm³/mol. The average Bonchev–Trinajstić information content (AvgIpc) is 2.71. The number of nitrogens with zero attached hydrogens (tertiary/aromatic N) is 2. The first-order valence-electron chi connectivity index (χ1n) is 9.53. The number of piperazine rings is 1. The second kappa shape index (κ2) is 9.50. The van der Waals surface area contributed by atoms with E-state index in [4.69, 9.17) is 0 Å². The second-order valence-corrected chi connectivity index (χ2v) is 8.88. The van der Waals surface area contributed by atoms with Crippen LogP contribution in [0, 0.1) is 11.6 Å². The van der Waals surface area contributed by atoms with Crippen LogP contribution in [0.3, 0.4) is 0 Å². The van der Waals surface area contributed by atoms with E-state index >= 15 is 0 Å². The Labute approximate surface area is 174 Å². The highest BCUT2D eigenvalue weighted by Gasteiger charge is 2.17. The molecule has 0 bridgehead atoms. The van der Waals surface area contributed by atoms with Gasteiger partial charge in [-0.05, 0) is 49.5 Å². The molecule has 1 saturated heterocycles. The van der Waals surface area contributed by atoms with Gasteiger partial charge in [-0.15, -0.1) is 0 Å². The molecule has 0 saturated carbocycles. The van der Waals surface area contributed by atoms with Crippen LogP contribution in [-0.4, -0.2) is 59.0 Å². The van der Waals surface area contributed by atoms with Gasteiger partial charge in [0.25, 0.3) is 0 Å². The quantitative estimate of drug-likeness (QED) is 0.691. The van der Waals surface area contributed by atoms with Crippen LogP contribution in [0.5, 0.6) is 0 Å². The summed E-state index contributed by atoms with van der Waals surface area (Å²) >= 11 is 0. The third kappa shape index (κ3) is 5.74. The topological polar surface area (TPSA) is 81.8 Å². The summed E-state index contributed by atoms with van der Waals surface area (Å²) in [6.45, 7) is 3.71. The maximum Gasteiger partial charge on any atom is 0.240 e. The van der Waals surface area contributed by atoms with E-state index in [2.05, 4.69) is 26.9 Å². The molecule has 2 aromatic rings. The van der Waals surface area contributed by atoms with Crippen molar-refractivity contribution in [3.8, 4) is 0 Å². The van der Waals surface area contributed by atoms with Gasteiger partial charge in [0, 0.05) is 50.5 Å². The number of nitrogens with one attached hydrogen (secondary N) is 2. The normalized spacial score (nSPS) is 15.2. The Kier molecular flexibility index (Phi) is 7.01. The lowest BCUT2D eigenvalue weighted by atomic mass is 10.2. The zero-order valence-corrected chi connectivity index (χ0v) is 17.4. The van der Waals surface area contributed by atoms with Gasteiger partial charge in [-0.3, -0.25) is 4.79 Å². The van der Waals surface area contributed by atoms with Crippen LogP contribution in [0.25, 0.3) is 0 Å². The summed E-state index contributed by atoms with van der Waals surface area (Å²) < 4.78 is 52.6. The van der Waals surface area contributed by atoms with E-state index in [1.807, 2.05) is 12.1 Å². The van der Waals surface area contributed by atoms with E-state index in [9.17, 15) is 22.0 Å². The minimum atomic E-state index is -4.04. The predicted octanol–water partition coefficient (Wildman–Crippen LogP) is 2.02. The highest BCUT2D eigenvalue weighted by atomic mass is 32.2. The number of amides is 1. The second-order valence-electron chi connectivity index (χ2n) is 7.11. The molecule has 0 aromatic heterocycles. The summed E-state index contributed by atoms with van der Waals surface area (Å²) in [5.41, 5.74) is 1.70. The molecule has 7 nitrogen and oxygen atoms in total. The van der Waals surface area contributed by atoms with Crippen molar-refractivity contribution in [1.82, 2.24) is 9.62 Å². The number of anilines is 2. The van der Waals surface area contributed by atoms with Gasteiger partial charge in [-0.25, -0.2) is 21.9 Å². The molecule has 0 unspecified atom stereocenters. The highest BCUT2D eigenvalue weighted by Crippen LogP contribution is 2.19.